The summed E-state index contributed by atoms with van der Waals surface area (Å²) in [6.07, 6.45) is 1.02. The van der Waals surface area contributed by atoms with Gasteiger partial charge in [-0.3, -0.25) is 14.9 Å². The molecule has 0 heterocycles. The van der Waals surface area contributed by atoms with Crippen molar-refractivity contribution in [3.63, 3.8) is 0 Å². The summed E-state index contributed by atoms with van der Waals surface area (Å²) >= 11 is 0. The Bertz CT molecular complexity index is 529. The molecule has 3 N–H and O–H groups in total. The zero-order valence-corrected chi connectivity index (χ0v) is 13.0. The van der Waals surface area contributed by atoms with Gasteiger partial charge in [0, 0.05) is 6.07 Å². The van der Waals surface area contributed by atoms with Crippen molar-refractivity contribution in [1.82, 2.24) is 5.32 Å². The second-order valence-electron chi connectivity index (χ2n) is 4.68. The van der Waals surface area contributed by atoms with Crippen LogP contribution in [0.25, 0.3) is 0 Å². The molecule has 0 aliphatic heterocycles. The molecule has 1 aromatic carbocycles. The van der Waals surface area contributed by atoms with Crippen LogP contribution in [0.15, 0.2) is 18.2 Å². The number of halogens is 3. The molecule has 2 atom stereocenters. The third kappa shape index (κ3) is 5.95. The van der Waals surface area contributed by atoms with Crippen molar-refractivity contribution in [3.05, 3.63) is 29.8 Å². The first-order valence-corrected chi connectivity index (χ1v) is 6.60. The highest BCUT2D eigenvalue weighted by Crippen LogP contribution is 2.15. The average molecular weight is 337 g/mol. The molecule has 8 heteroatoms. The molecule has 0 aliphatic rings. The molecule has 1 amide bonds. The van der Waals surface area contributed by atoms with E-state index >= 15 is 0 Å². The number of aliphatic carboxylic acids is 1. The Morgan fingerprint density at radius 3 is 2.45 bits per heavy atom. The lowest BCUT2D eigenvalue weighted by Gasteiger charge is -2.19. The molecule has 0 saturated carbocycles. The first-order valence-electron chi connectivity index (χ1n) is 6.60. The van der Waals surface area contributed by atoms with Gasteiger partial charge in [0.15, 0.2) is 0 Å². The molecular weight excluding hydrogens is 318 g/mol. The minimum atomic E-state index is -1.05. The summed E-state index contributed by atoms with van der Waals surface area (Å²) in [4.78, 5) is 22.9. The number of rotatable bonds is 7. The summed E-state index contributed by atoms with van der Waals surface area (Å²) in [7, 11) is 0. The van der Waals surface area contributed by atoms with Crippen molar-refractivity contribution in [2.75, 3.05) is 5.32 Å². The summed E-state index contributed by atoms with van der Waals surface area (Å²) < 4.78 is 26.2. The van der Waals surface area contributed by atoms with E-state index in [0.717, 1.165) is 12.1 Å². The second kappa shape index (κ2) is 9.32. The highest BCUT2D eigenvalue weighted by atomic mass is 35.5. The Kier molecular flexibility index (Phi) is 8.59. The lowest BCUT2D eigenvalue weighted by Crippen LogP contribution is -2.47. The number of benzene rings is 1. The van der Waals surface area contributed by atoms with E-state index in [-0.39, 0.29) is 18.1 Å². The van der Waals surface area contributed by atoms with Crippen molar-refractivity contribution < 1.29 is 23.5 Å². The molecule has 0 aromatic heterocycles. The van der Waals surface area contributed by atoms with Crippen LogP contribution >= 0.6 is 12.4 Å². The number of amides is 1. The predicted octanol–water partition coefficient (Wildman–Crippen LogP) is 2.56. The first-order chi connectivity index (χ1) is 9.85. The van der Waals surface area contributed by atoms with Crippen LogP contribution in [0.1, 0.15) is 26.7 Å². The summed E-state index contributed by atoms with van der Waals surface area (Å²) in [5, 5.41) is 14.0. The van der Waals surface area contributed by atoms with Gasteiger partial charge in [-0.05, 0) is 25.5 Å². The van der Waals surface area contributed by atoms with E-state index in [0.29, 0.717) is 18.9 Å². The average Bonchev–Trinajstić information content (AvgIpc) is 2.41. The maximum absolute atomic E-state index is 13.4. The summed E-state index contributed by atoms with van der Waals surface area (Å²) in [6, 6.07) is 1.10. The van der Waals surface area contributed by atoms with Gasteiger partial charge in [-0.15, -0.1) is 12.4 Å². The van der Waals surface area contributed by atoms with Crippen LogP contribution in [-0.2, 0) is 9.59 Å². The monoisotopic (exact) mass is 336 g/mol. The van der Waals surface area contributed by atoms with Gasteiger partial charge in [-0.25, -0.2) is 8.78 Å². The van der Waals surface area contributed by atoms with E-state index < -0.39 is 35.6 Å². The summed E-state index contributed by atoms with van der Waals surface area (Å²) in [6.45, 7) is 3.30. The molecular formula is C14H19ClF2N2O3. The molecule has 0 fully saturated rings. The SMILES string of the molecule is CCCC(NC(C)C(=O)Nc1ccc(F)cc1F)C(=O)O.Cl. The van der Waals surface area contributed by atoms with Crippen LogP contribution in [0.5, 0.6) is 0 Å². The van der Waals surface area contributed by atoms with E-state index in [1.54, 1.807) is 0 Å². The van der Waals surface area contributed by atoms with Crippen LogP contribution in [0.3, 0.4) is 0 Å². The third-order valence-corrected chi connectivity index (χ3v) is 2.91. The normalized spacial score (nSPS) is 12.9. The van der Waals surface area contributed by atoms with E-state index in [1.165, 1.54) is 6.92 Å². The van der Waals surface area contributed by atoms with E-state index in [1.807, 2.05) is 6.92 Å². The van der Waals surface area contributed by atoms with E-state index in [9.17, 15) is 18.4 Å². The quantitative estimate of drug-likeness (QED) is 0.715. The lowest BCUT2D eigenvalue weighted by molar-refractivity contribution is -0.140. The lowest BCUT2D eigenvalue weighted by atomic mass is 10.1. The molecule has 2 unspecified atom stereocenters. The van der Waals surface area contributed by atoms with E-state index in [4.69, 9.17) is 5.11 Å². The smallest absolute Gasteiger partial charge is 0.320 e. The molecule has 1 rings (SSSR count). The maximum Gasteiger partial charge on any atom is 0.320 e. The fourth-order valence-electron chi connectivity index (χ4n) is 1.78. The minimum absolute atomic E-state index is 0. The summed E-state index contributed by atoms with van der Waals surface area (Å²) in [5.74, 6) is -3.28. The molecule has 0 radical (unpaired) electrons. The zero-order valence-electron chi connectivity index (χ0n) is 12.2. The van der Waals surface area contributed by atoms with Gasteiger partial charge in [-0.1, -0.05) is 13.3 Å². The van der Waals surface area contributed by atoms with Crippen LogP contribution in [-0.4, -0.2) is 29.1 Å². The fraction of sp³-hybridized carbons (Fsp3) is 0.429. The van der Waals surface area contributed by atoms with Crippen LogP contribution in [0.4, 0.5) is 14.5 Å². The molecule has 1 aromatic rings. The number of carbonyl (C=O) groups excluding carboxylic acids is 1. The van der Waals surface area contributed by atoms with Crippen molar-refractivity contribution in [1.29, 1.82) is 0 Å². The Hall–Kier alpha value is -1.73. The number of carbonyl (C=O) groups is 2. The molecule has 22 heavy (non-hydrogen) atoms. The molecule has 0 bridgehead atoms. The van der Waals surface area contributed by atoms with Gasteiger partial charge < -0.3 is 10.4 Å². The molecule has 0 saturated heterocycles. The van der Waals surface area contributed by atoms with Gasteiger partial charge in [0.25, 0.3) is 0 Å². The van der Waals surface area contributed by atoms with Gasteiger partial charge >= 0.3 is 5.97 Å². The minimum Gasteiger partial charge on any atom is -0.480 e. The van der Waals surface area contributed by atoms with Gasteiger partial charge in [0.1, 0.15) is 17.7 Å². The number of hydrogen-bond donors (Lipinski definition) is 3. The fourth-order valence-corrected chi connectivity index (χ4v) is 1.78. The number of hydrogen-bond acceptors (Lipinski definition) is 3. The van der Waals surface area contributed by atoms with Crippen molar-refractivity contribution >= 4 is 30.0 Å². The van der Waals surface area contributed by atoms with Crippen LogP contribution in [0, 0.1) is 11.6 Å². The van der Waals surface area contributed by atoms with Crippen molar-refractivity contribution in [2.24, 2.45) is 0 Å². The number of anilines is 1. The standard InChI is InChI=1S/C14H18F2N2O3.ClH/c1-3-4-12(14(20)21)17-8(2)13(19)18-11-6-5-9(15)7-10(11)16;/h5-8,12,17H,3-4H2,1-2H3,(H,18,19)(H,20,21);1H. The van der Waals surface area contributed by atoms with Gasteiger partial charge in [-0.2, -0.15) is 0 Å². The number of carboxylic acids is 1. The highest BCUT2D eigenvalue weighted by Gasteiger charge is 2.22. The Morgan fingerprint density at radius 2 is 1.95 bits per heavy atom. The maximum atomic E-state index is 13.4. The Labute approximate surface area is 133 Å². The molecule has 5 nitrogen and oxygen atoms in total. The first kappa shape index (κ1) is 20.3. The van der Waals surface area contributed by atoms with Crippen molar-refractivity contribution in [2.45, 2.75) is 38.8 Å². The second-order valence-corrected chi connectivity index (χ2v) is 4.68. The van der Waals surface area contributed by atoms with Gasteiger partial charge in [0.05, 0.1) is 11.7 Å². The summed E-state index contributed by atoms with van der Waals surface area (Å²) in [5.41, 5.74) is -0.155. The topological polar surface area (TPSA) is 78.4 Å². The largest absolute Gasteiger partial charge is 0.480 e. The number of nitrogens with one attached hydrogen (secondary N) is 2. The Balaban J connectivity index is 0.00000441. The Morgan fingerprint density at radius 1 is 1.32 bits per heavy atom. The van der Waals surface area contributed by atoms with Crippen molar-refractivity contribution in [3.8, 4) is 0 Å². The zero-order chi connectivity index (χ0) is 16.0. The van der Waals surface area contributed by atoms with Crippen LogP contribution in [0.2, 0.25) is 0 Å². The predicted molar refractivity (Wildman–Crippen MR) is 81.2 cm³/mol. The number of carboxylic acid groups (broad SMARTS) is 1. The molecule has 0 aliphatic carbocycles. The molecule has 124 valence electrons. The van der Waals surface area contributed by atoms with Crippen LogP contribution < -0.4 is 10.6 Å². The van der Waals surface area contributed by atoms with E-state index in [2.05, 4.69) is 10.6 Å². The third-order valence-electron chi connectivity index (χ3n) is 2.91. The van der Waals surface area contributed by atoms with Gasteiger partial charge in [0.2, 0.25) is 5.91 Å². The highest BCUT2D eigenvalue weighted by molar-refractivity contribution is 5.95. The molecule has 0 spiro atoms.